The van der Waals surface area contributed by atoms with Crippen LogP contribution in [-0.2, 0) is 28.6 Å². The van der Waals surface area contributed by atoms with Crippen LogP contribution in [0.4, 0.5) is 0 Å². The number of allylic oxidation sites excluding steroid dienone is 20. The van der Waals surface area contributed by atoms with E-state index < -0.39 is 6.10 Å². The highest BCUT2D eigenvalue weighted by molar-refractivity contribution is 5.71. The molecule has 0 saturated heterocycles. The first kappa shape index (κ1) is 63.8. The summed E-state index contributed by atoms with van der Waals surface area (Å²) in [5.41, 5.74) is 0. The first-order valence-corrected chi connectivity index (χ1v) is 27.5. The van der Waals surface area contributed by atoms with Gasteiger partial charge in [0.05, 0.1) is 0 Å². The van der Waals surface area contributed by atoms with Crippen LogP contribution in [0.25, 0.3) is 0 Å². The van der Waals surface area contributed by atoms with Crippen molar-refractivity contribution in [1.82, 2.24) is 0 Å². The Bertz CT molecular complexity index is 1450. The van der Waals surface area contributed by atoms with Gasteiger partial charge in [0.1, 0.15) is 13.2 Å². The lowest BCUT2D eigenvalue weighted by Gasteiger charge is -2.18. The fraction of sp³-hybridized carbons (Fsp3) is 0.629. The molecule has 0 aromatic carbocycles. The summed E-state index contributed by atoms with van der Waals surface area (Å²) in [6.07, 6.45) is 76.1. The lowest BCUT2D eigenvalue weighted by atomic mass is 10.0. The summed E-state index contributed by atoms with van der Waals surface area (Å²) in [6, 6.07) is 0. The van der Waals surface area contributed by atoms with Crippen molar-refractivity contribution >= 4 is 17.9 Å². The number of esters is 3. The quantitative estimate of drug-likeness (QED) is 0.0262. The van der Waals surface area contributed by atoms with Crippen molar-refractivity contribution in [1.29, 1.82) is 0 Å². The average molecular weight is 941 g/mol. The molecule has 6 nitrogen and oxygen atoms in total. The average Bonchev–Trinajstić information content (AvgIpc) is 3.34. The molecule has 0 aromatic rings. The number of carbonyl (C=O) groups is 3. The number of carbonyl (C=O) groups excluding carboxylic acids is 3. The summed E-state index contributed by atoms with van der Waals surface area (Å²) >= 11 is 0. The molecule has 1 atom stereocenters. The lowest BCUT2D eigenvalue weighted by molar-refractivity contribution is -0.167. The minimum absolute atomic E-state index is 0.104. The van der Waals surface area contributed by atoms with E-state index in [1.807, 2.05) is 0 Å². The predicted octanol–water partition coefficient (Wildman–Crippen LogP) is 18.5. The lowest BCUT2D eigenvalue weighted by Crippen LogP contribution is -2.30. The molecule has 0 aliphatic heterocycles. The van der Waals surface area contributed by atoms with Crippen LogP contribution in [0.15, 0.2) is 122 Å². The summed E-state index contributed by atoms with van der Waals surface area (Å²) in [7, 11) is 0. The van der Waals surface area contributed by atoms with Crippen molar-refractivity contribution in [3.05, 3.63) is 122 Å². The topological polar surface area (TPSA) is 78.9 Å². The van der Waals surface area contributed by atoms with Gasteiger partial charge in [-0.3, -0.25) is 14.4 Å². The van der Waals surface area contributed by atoms with E-state index in [0.29, 0.717) is 19.3 Å². The molecule has 0 aliphatic rings. The van der Waals surface area contributed by atoms with Crippen molar-refractivity contribution in [3.63, 3.8) is 0 Å². The van der Waals surface area contributed by atoms with E-state index >= 15 is 0 Å². The zero-order chi connectivity index (χ0) is 49.3. The third-order valence-electron chi connectivity index (χ3n) is 11.2. The second-order valence-electron chi connectivity index (χ2n) is 17.7. The molecule has 0 N–H and O–H groups in total. The van der Waals surface area contributed by atoms with Crippen LogP contribution < -0.4 is 0 Å². The fourth-order valence-electron chi connectivity index (χ4n) is 7.14. The second kappa shape index (κ2) is 55.4. The van der Waals surface area contributed by atoms with Crippen molar-refractivity contribution in [2.24, 2.45) is 0 Å². The molecule has 0 spiro atoms. The van der Waals surface area contributed by atoms with Crippen LogP contribution in [-0.4, -0.2) is 37.2 Å². The molecule has 0 saturated carbocycles. The third-order valence-corrected chi connectivity index (χ3v) is 11.2. The molecule has 0 radical (unpaired) electrons. The van der Waals surface area contributed by atoms with Crippen LogP contribution in [0, 0.1) is 0 Å². The van der Waals surface area contributed by atoms with E-state index in [1.165, 1.54) is 57.8 Å². The fourth-order valence-corrected chi connectivity index (χ4v) is 7.14. The SMILES string of the molecule is CC/C=C\C/C=C\C/C=C\C/C=C\C/C=C\CCCCCC(=O)OCC(COC(=O)CCCCCCCCCCCCCC)OC(=O)CCCCC/C=C\C/C=C\C/C=C\C/C=C\C/C=C\CC. The maximum atomic E-state index is 12.8. The van der Waals surface area contributed by atoms with Crippen molar-refractivity contribution in [3.8, 4) is 0 Å². The van der Waals surface area contributed by atoms with Crippen LogP contribution in [0.1, 0.15) is 233 Å². The maximum Gasteiger partial charge on any atom is 0.306 e. The molecular weight excluding hydrogens is 841 g/mol. The van der Waals surface area contributed by atoms with E-state index in [4.69, 9.17) is 14.2 Å². The molecule has 1 unspecified atom stereocenters. The maximum absolute atomic E-state index is 12.8. The number of unbranched alkanes of at least 4 members (excludes halogenated alkanes) is 17. The van der Waals surface area contributed by atoms with E-state index in [0.717, 1.165) is 128 Å². The van der Waals surface area contributed by atoms with Gasteiger partial charge in [-0.25, -0.2) is 0 Å². The molecule has 68 heavy (non-hydrogen) atoms. The van der Waals surface area contributed by atoms with Gasteiger partial charge < -0.3 is 14.2 Å². The largest absolute Gasteiger partial charge is 0.462 e. The molecule has 0 fully saturated rings. The Morgan fingerprint density at radius 2 is 0.574 bits per heavy atom. The van der Waals surface area contributed by atoms with E-state index in [9.17, 15) is 14.4 Å². The van der Waals surface area contributed by atoms with Crippen LogP contribution in [0.5, 0.6) is 0 Å². The van der Waals surface area contributed by atoms with Gasteiger partial charge in [0.25, 0.3) is 0 Å². The number of rotatable bonds is 48. The van der Waals surface area contributed by atoms with Crippen LogP contribution in [0.2, 0.25) is 0 Å². The summed E-state index contributed by atoms with van der Waals surface area (Å²) in [5, 5.41) is 0. The monoisotopic (exact) mass is 941 g/mol. The molecule has 0 heterocycles. The van der Waals surface area contributed by atoms with E-state index in [1.54, 1.807) is 0 Å². The van der Waals surface area contributed by atoms with Gasteiger partial charge in [0.2, 0.25) is 0 Å². The summed E-state index contributed by atoms with van der Waals surface area (Å²) < 4.78 is 16.8. The molecule has 0 bridgehead atoms. The number of hydrogen-bond acceptors (Lipinski definition) is 6. The van der Waals surface area contributed by atoms with Crippen LogP contribution >= 0.6 is 0 Å². The van der Waals surface area contributed by atoms with Gasteiger partial charge in [0.15, 0.2) is 6.10 Å². The Morgan fingerprint density at radius 1 is 0.309 bits per heavy atom. The smallest absolute Gasteiger partial charge is 0.306 e. The Hall–Kier alpha value is -4.19. The predicted molar refractivity (Wildman–Crippen MR) is 293 cm³/mol. The highest BCUT2D eigenvalue weighted by atomic mass is 16.6. The number of hydrogen-bond donors (Lipinski definition) is 0. The third kappa shape index (κ3) is 52.8. The second-order valence-corrected chi connectivity index (χ2v) is 17.7. The Kier molecular flexibility index (Phi) is 52.0. The van der Waals surface area contributed by atoms with Gasteiger partial charge in [-0.1, -0.05) is 226 Å². The van der Waals surface area contributed by atoms with E-state index in [-0.39, 0.29) is 37.5 Å². The van der Waals surface area contributed by atoms with Gasteiger partial charge in [0, 0.05) is 19.3 Å². The Labute approximate surface area is 418 Å². The molecule has 0 aromatic heterocycles. The molecule has 0 rings (SSSR count). The minimum atomic E-state index is -0.811. The molecule has 0 aliphatic carbocycles. The highest BCUT2D eigenvalue weighted by Crippen LogP contribution is 2.14. The summed E-state index contributed by atoms with van der Waals surface area (Å²) in [6.45, 7) is 6.34. The zero-order valence-corrected chi connectivity index (χ0v) is 43.8. The minimum Gasteiger partial charge on any atom is -0.462 e. The summed E-state index contributed by atoms with van der Waals surface area (Å²) in [4.78, 5) is 38.1. The van der Waals surface area contributed by atoms with Crippen molar-refractivity contribution < 1.29 is 28.6 Å². The molecular formula is C62H100O6. The molecule has 6 heteroatoms. The highest BCUT2D eigenvalue weighted by Gasteiger charge is 2.19. The standard InChI is InChI=1S/C62H100O6/c1-4-7-10-13-16-19-22-25-27-29-31-33-35-37-40-43-46-49-52-55-61(64)67-58-59(57-66-60(63)54-51-48-45-42-39-24-21-18-15-12-9-6-3)68-62(65)56-53-50-47-44-41-38-36-34-32-30-28-26-23-20-17-14-11-8-5-2/h7-8,10-11,16-17,19-20,25-28,31-34,37-38,40-41,59H,4-6,9,12-15,18,21-24,29-30,35-36,39,42-58H2,1-3H3/b10-7-,11-8-,19-16-,20-17-,27-25-,28-26-,33-31-,34-32-,40-37-,41-38-. The molecule has 0 amide bonds. The zero-order valence-electron chi connectivity index (χ0n) is 43.8. The van der Waals surface area contributed by atoms with Crippen LogP contribution in [0.3, 0.4) is 0 Å². The normalized spacial score (nSPS) is 13.0. The van der Waals surface area contributed by atoms with Gasteiger partial charge in [-0.05, 0) is 109 Å². The van der Waals surface area contributed by atoms with Crippen molar-refractivity contribution in [2.75, 3.05) is 13.2 Å². The van der Waals surface area contributed by atoms with Gasteiger partial charge in [-0.15, -0.1) is 0 Å². The first-order chi connectivity index (χ1) is 33.5. The van der Waals surface area contributed by atoms with E-state index in [2.05, 4.69) is 142 Å². The molecule has 384 valence electrons. The number of ether oxygens (including phenoxy) is 3. The Morgan fingerprint density at radius 3 is 0.897 bits per heavy atom. The van der Waals surface area contributed by atoms with Gasteiger partial charge >= 0.3 is 17.9 Å². The first-order valence-electron chi connectivity index (χ1n) is 27.5. The van der Waals surface area contributed by atoms with Crippen molar-refractivity contribution in [2.45, 2.75) is 239 Å². The summed E-state index contributed by atoms with van der Waals surface area (Å²) in [5.74, 6) is -0.973. The Balaban J connectivity index is 4.51. The van der Waals surface area contributed by atoms with Gasteiger partial charge in [-0.2, -0.15) is 0 Å².